The van der Waals surface area contributed by atoms with Gasteiger partial charge in [-0.25, -0.2) is 0 Å². The van der Waals surface area contributed by atoms with E-state index < -0.39 is 0 Å². The van der Waals surface area contributed by atoms with E-state index in [1.54, 1.807) is 0 Å². The summed E-state index contributed by atoms with van der Waals surface area (Å²) in [6.07, 6.45) is 1.08. The second-order valence-corrected chi connectivity index (χ2v) is 6.60. The quantitative estimate of drug-likeness (QED) is 0.822. The lowest BCUT2D eigenvalue weighted by atomic mass is 9.80. The third-order valence-corrected chi connectivity index (χ3v) is 5.18. The standard InChI is InChI=1S/C17H28N2O/c1-16(2,18(3)4)17(20-5)11-12-19(14-17)13-15-9-7-6-8-10-15/h6-10H,11-14H2,1-5H3. The fourth-order valence-electron chi connectivity index (χ4n) is 3.16. The minimum absolute atomic E-state index is 0.0210. The molecule has 1 fully saturated rings. The molecule has 0 aromatic heterocycles. The lowest BCUT2D eigenvalue weighted by Crippen LogP contribution is -2.60. The van der Waals surface area contributed by atoms with Crippen molar-refractivity contribution in [2.75, 3.05) is 34.3 Å². The van der Waals surface area contributed by atoms with E-state index in [0.717, 1.165) is 26.1 Å². The van der Waals surface area contributed by atoms with Gasteiger partial charge in [0.15, 0.2) is 0 Å². The molecule has 1 aromatic carbocycles. The molecular weight excluding hydrogens is 248 g/mol. The summed E-state index contributed by atoms with van der Waals surface area (Å²) in [5, 5.41) is 0. The van der Waals surface area contributed by atoms with Gasteiger partial charge in [0.1, 0.15) is 0 Å². The zero-order valence-electron chi connectivity index (χ0n) is 13.5. The second kappa shape index (κ2) is 5.84. The molecule has 0 N–H and O–H groups in total. The van der Waals surface area contributed by atoms with Gasteiger partial charge in [0.2, 0.25) is 0 Å². The van der Waals surface area contributed by atoms with Gasteiger partial charge in [-0.3, -0.25) is 4.90 Å². The molecule has 0 amide bonds. The maximum Gasteiger partial charge on any atom is 0.0994 e. The van der Waals surface area contributed by atoms with Crippen LogP contribution in [0.1, 0.15) is 25.8 Å². The molecule has 1 aromatic rings. The molecule has 1 heterocycles. The summed E-state index contributed by atoms with van der Waals surface area (Å²) in [7, 11) is 6.14. The molecule has 0 aliphatic carbocycles. The van der Waals surface area contributed by atoms with E-state index in [2.05, 4.69) is 68.1 Å². The van der Waals surface area contributed by atoms with Crippen molar-refractivity contribution in [2.45, 2.75) is 38.0 Å². The third kappa shape index (κ3) is 2.76. The van der Waals surface area contributed by atoms with Crippen molar-refractivity contribution in [3.05, 3.63) is 35.9 Å². The molecule has 3 heteroatoms. The number of ether oxygens (including phenoxy) is 1. The molecular formula is C17H28N2O. The van der Waals surface area contributed by atoms with Crippen molar-refractivity contribution in [1.82, 2.24) is 9.80 Å². The molecule has 0 bridgehead atoms. The van der Waals surface area contributed by atoms with Crippen molar-refractivity contribution in [3.63, 3.8) is 0 Å². The first-order chi connectivity index (χ1) is 9.41. The van der Waals surface area contributed by atoms with E-state index in [-0.39, 0.29) is 11.1 Å². The largest absolute Gasteiger partial charge is 0.375 e. The van der Waals surface area contributed by atoms with Crippen LogP contribution in [-0.4, -0.2) is 55.2 Å². The van der Waals surface area contributed by atoms with Crippen LogP contribution < -0.4 is 0 Å². The average Bonchev–Trinajstić information content (AvgIpc) is 2.85. The zero-order valence-corrected chi connectivity index (χ0v) is 13.5. The molecule has 0 radical (unpaired) electrons. The molecule has 3 nitrogen and oxygen atoms in total. The number of rotatable bonds is 5. The van der Waals surface area contributed by atoms with Crippen LogP contribution in [-0.2, 0) is 11.3 Å². The molecule has 112 valence electrons. The highest BCUT2D eigenvalue weighted by molar-refractivity contribution is 5.16. The summed E-state index contributed by atoms with van der Waals surface area (Å²) >= 11 is 0. The van der Waals surface area contributed by atoms with Gasteiger partial charge in [0, 0.05) is 32.3 Å². The van der Waals surface area contributed by atoms with Crippen molar-refractivity contribution >= 4 is 0 Å². The monoisotopic (exact) mass is 276 g/mol. The number of benzene rings is 1. The number of methoxy groups -OCH3 is 1. The van der Waals surface area contributed by atoms with Crippen LogP contribution in [0.25, 0.3) is 0 Å². The Kier molecular flexibility index (Phi) is 4.52. The fourth-order valence-corrected chi connectivity index (χ4v) is 3.16. The van der Waals surface area contributed by atoms with Crippen LogP contribution in [0.2, 0.25) is 0 Å². The van der Waals surface area contributed by atoms with Crippen LogP contribution in [0.5, 0.6) is 0 Å². The van der Waals surface area contributed by atoms with Crippen molar-refractivity contribution in [3.8, 4) is 0 Å². The highest BCUT2D eigenvalue weighted by Gasteiger charge is 2.51. The van der Waals surface area contributed by atoms with Gasteiger partial charge in [-0.2, -0.15) is 0 Å². The predicted molar refractivity (Wildman–Crippen MR) is 83.8 cm³/mol. The summed E-state index contributed by atoms with van der Waals surface area (Å²) in [6, 6.07) is 10.7. The van der Waals surface area contributed by atoms with Gasteiger partial charge in [0.05, 0.1) is 5.60 Å². The smallest absolute Gasteiger partial charge is 0.0994 e. The van der Waals surface area contributed by atoms with Crippen LogP contribution in [0.4, 0.5) is 0 Å². The van der Waals surface area contributed by atoms with Gasteiger partial charge in [-0.05, 0) is 39.9 Å². The Morgan fingerprint density at radius 3 is 2.45 bits per heavy atom. The Morgan fingerprint density at radius 1 is 1.25 bits per heavy atom. The average molecular weight is 276 g/mol. The molecule has 0 spiro atoms. The van der Waals surface area contributed by atoms with Crippen LogP contribution in [0, 0.1) is 0 Å². The van der Waals surface area contributed by atoms with Crippen LogP contribution in [0.3, 0.4) is 0 Å². The Balaban J connectivity index is 2.09. The van der Waals surface area contributed by atoms with E-state index in [9.17, 15) is 0 Å². The summed E-state index contributed by atoms with van der Waals surface area (Å²) in [4.78, 5) is 4.78. The maximum atomic E-state index is 6.01. The van der Waals surface area contributed by atoms with Gasteiger partial charge in [-0.15, -0.1) is 0 Å². The molecule has 1 aliphatic rings. The maximum absolute atomic E-state index is 6.01. The van der Waals surface area contributed by atoms with Gasteiger partial charge < -0.3 is 9.64 Å². The SMILES string of the molecule is COC1(C(C)(C)N(C)C)CCN(Cc2ccccc2)C1. The highest BCUT2D eigenvalue weighted by Crippen LogP contribution is 2.38. The first-order valence-electron chi connectivity index (χ1n) is 7.40. The number of likely N-dealkylation sites (tertiary alicyclic amines) is 1. The summed E-state index contributed by atoms with van der Waals surface area (Å²) in [5.41, 5.74) is 1.31. The fraction of sp³-hybridized carbons (Fsp3) is 0.647. The van der Waals surface area contributed by atoms with E-state index in [0.29, 0.717) is 0 Å². The molecule has 1 saturated heterocycles. The molecule has 2 rings (SSSR count). The molecule has 0 saturated carbocycles. The minimum Gasteiger partial charge on any atom is -0.375 e. The van der Waals surface area contributed by atoms with E-state index in [4.69, 9.17) is 4.74 Å². The lowest BCUT2D eigenvalue weighted by molar-refractivity contribution is -0.101. The van der Waals surface area contributed by atoms with Crippen molar-refractivity contribution in [2.24, 2.45) is 0 Å². The predicted octanol–water partition coefficient (Wildman–Crippen LogP) is 2.62. The van der Waals surface area contributed by atoms with E-state index >= 15 is 0 Å². The van der Waals surface area contributed by atoms with Gasteiger partial charge in [0.25, 0.3) is 0 Å². The number of nitrogens with zero attached hydrogens (tertiary/aromatic N) is 2. The summed E-state index contributed by atoms with van der Waals surface area (Å²) in [6.45, 7) is 7.66. The van der Waals surface area contributed by atoms with E-state index in [1.807, 2.05) is 7.11 Å². The lowest BCUT2D eigenvalue weighted by Gasteiger charge is -2.47. The Bertz CT molecular complexity index is 430. The highest BCUT2D eigenvalue weighted by atomic mass is 16.5. The van der Waals surface area contributed by atoms with E-state index in [1.165, 1.54) is 5.56 Å². The van der Waals surface area contributed by atoms with Gasteiger partial charge >= 0.3 is 0 Å². The number of hydrogen-bond acceptors (Lipinski definition) is 3. The third-order valence-electron chi connectivity index (χ3n) is 5.18. The Hall–Kier alpha value is -0.900. The zero-order chi connectivity index (χ0) is 14.8. The Morgan fingerprint density at radius 2 is 1.90 bits per heavy atom. The Labute approximate surface area is 123 Å². The first-order valence-corrected chi connectivity index (χ1v) is 7.40. The van der Waals surface area contributed by atoms with Crippen LogP contribution in [0.15, 0.2) is 30.3 Å². The molecule has 1 aliphatic heterocycles. The minimum atomic E-state index is -0.0920. The van der Waals surface area contributed by atoms with Gasteiger partial charge in [-0.1, -0.05) is 30.3 Å². The van der Waals surface area contributed by atoms with Crippen molar-refractivity contribution in [1.29, 1.82) is 0 Å². The number of likely N-dealkylation sites (N-methyl/N-ethyl adjacent to an activating group) is 1. The molecule has 1 atom stereocenters. The summed E-state index contributed by atoms with van der Waals surface area (Å²) in [5.74, 6) is 0. The molecule has 1 unspecified atom stereocenters. The normalized spacial score (nSPS) is 24.5. The number of hydrogen-bond donors (Lipinski definition) is 0. The van der Waals surface area contributed by atoms with Crippen molar-refractivity contribution < 1.29 is 4.74 Å². The van der Waals surface area contributed by atoms with Crippen LogP contribution >= 0.6 is 0 Å². The topological polar surface area (TPSA) is 15.7 Å². The molecule has 20 heavy (non-hydrogen) atoms. The second-order valence-electron chi connectivity index (χ2n) is 6.60. The first kappa shape index (κ1) is 15.5. The summed E-state index contributed by atoms with van der Waals surface area (Å²) < 4.78 is 6.01.